The van der Waals surface area contributed by atoms with Gasteiger partial charge in [-0.25, -0.2) is 4.39 Å². The summed E-state index contributed by atoms with van der Waals surface area (Å²) >= 11 is 0. The van der Waals surface area contributed by atoms with Crippen LogP contribution in [-0.4, -0.2) is 23.9 Å². The summed E-state index contributed by atoms with van der Waals surface area (Å²) in [5.41, 5.74) is 6.64. The minimum absolute atomic E-state index is 0.0885. The van der Waals surface area contributed by atoms with Gasteiger partial charge in [0.2, 0.25) is 0 Å². The zero-order chi connectivity index (χ0) is 14.0. The third-order valence-electron chi connectivity index (χ3n) is 3.95. The van der Waals surface area contributed by atoms with E-state index in [1.807, 2.05) is 0 Å². The third kappa shape index (κ3) is 2.88. The van der Waals surface area contributed by atoms with Crippen LogP contribution in [0.4, 0.5) is 10.1 Å². The molecule has 0 saturated heterocycles. The molecule has 1 fully saturated rings. The van der Waals surface area contributed by atoms with Crippen LogP contribution < -0.4 is 5.73 Å². The van der Waals surface area contributed by atoms with Crippen molar-refractivity contribution >= 4 is 11.6 Å². The van der Waals surface area contributed by atoms with Gasteiger partial charge in [-0.2, -0.15) is 0 Å². The maximum atomic E-state index is 14.1. The van der Waals surface area contributed by atoms with Crippen molar-refractivity contribution in [3.05, 3.63) is 29.1 Å². The number of carbonyl (C=O) groups is 1. The van der Waals surface area contributed by atoms with Crippen molar-refractivity contribution in [1.82, 2.24) is 4.90 Å². The van der Waals surface area contributed by atoms with Crippen molar-refractivity contribution in [3.8, 4) is 0 Å². The van der Waals surface area contributed by atoms with Crippen LogP contribution in [0, 0.1) is 12.7 Å². The van der Waals surface area contributed by atoms with Crippen LogP contribution >= 0.6 is 0 Å². The summed E-state index contributed by atoms with van der Waals surface area (Å²) in [5, 5.41) is 0. The van der Waals surface area contributed by atoms with Gasteiger partial charge in [-0.05, 0) is 37.5 Å². The molecule has 0 aromatic heterocycles. The topological polar surface area (TPSA) is 46.3 Å². The van der Waals surface area contributed by atoms with E-state index in [0.29, 0.717) is 11.3 Å². The molecule has 0 atom stereocenters. The van der Waals surface area contributed by atoms with Gasteiger partial charge in [0, 0.05) is 18.8 Å². The van der Waals surface area contributed by atoms with Gasteiger partial charge >= 0.3 is 0 Å². The summed E-state index contributed by atoms with van der Waals surface area (Å²) in [6.45, 7) is 1.63. The Balaban J connectivity index is 2.23. The largest absolute Gasteiger partial charge is 0.399 e. The normalized spacial score (nSPS) is 16.4. The summed E-state index contributed by atoms with van der Waals surface area (Å²) in [5.74, 6) is -0.721. The number of halogens is 1. The quantitative estimate of drug-likeness (QED) is 0.834. The Morgan fingerprint density at radius 1 is 1.32 bits per heavy atom. The van der Waals surface area contributed by atoms with Gasteiger partial charge in [-0.1, -0.05) is 19.3 Å². The summed E-state index contributed by atoms with van der Waals surface area (Å²) in [7, 11) is 1.76. The molecule has 0 unspecified atom stereocenters. The van der Waals surface area contributed by atoms with Crippen molar-refractivity contribution in [2.75, 3.05) is 12.8 Å². The first-order chi connectivity index (χ1) is 9.00. The van der Waals surface area contributed by atoms with Crippen LogP contribution in [0.15, 0.2) is 12.1 Å². The molecule has 0 spiro atoms. The van der Waals surface area contributed by atoms with E-state index in [0.717, 1.165) is 25.7 Å². The van der Waals surface area contributed by atoms with Gasteiger partial charge < -0.3 is 10.6 Å². The average Bonchev–Trinajstić information content (AvgIpc) is 2.42. The molecular weight excluding hydrogens is 243 g/mol. The molecule has 1 aromatic rings. The molecule has 0 bridgehead atoms. The Morgan fingerprint density at radius 3 is 2.58 bits per heavy atom. The van der Waals surface area contributed by atoms with E-state index >= 15 is 0 Å². The van der Waals surface area contributed by atoms with E-state index in [1.54, 1.807) is 24.9 Å². The highest BCUT2D eigenvalue weighted by atomic mass is 19.1. The van der Waals surface area contributed by atoms with Crippen LogP contribution in [0.1, 0.15) is 48.0 Å². The molecule has 1 aliphatic carbocycles. The number of hydrogen-bond acceptors (Lipinski definition) is 2. The van der Waals surface area contributed by atoms with Crippen molar-refractivity contribution in [2.45, 2.75) is 45.1 Å². The Kier molecular flexibility index (Phi) is 4.08. The van der Waals surface area contributed by atoms with Gasteiger partial charge in [-0.3, -0.25) is 4.79 Å². The number of nitrogens with zero attached hydrogens (tertiary/aromatic N) is 1. The fourth-order valence-electron chi connectivity index (χ4n) is 2.78. The summed E-state index contributed by atoms with van der Waals surface area (Å²) in [6.07, 6.45) is 5.52. The SMILES string of the molecule is Cc1cc(N)cc(C(=O)N(C)C2CCCCC2)c1F. The van der Waals surface area contributed by atoms with E-state index in [1.165, 1.54) is 12.5 Å². The van der Waals surface area contributed by atoms with E-state index in [4.69, 9.17) is 5.73 Å². The molecule has 104 valence electrons. The van der Waals surface area contributed by atoms with Crippen molar-refractivity contribution in [3.63, 3.8) is 0 Å². The molecule has 1 aliphatic rings. The Bertz CT molecular complexity index is 481. The summed E-state index contributed by atoms with van der Waals surface area (Å²) in [6, 6.07) is 3.21. The molecule has 2 N–H and O–H groups in total. The zero-order valence-electron chi connectivity index (χ0n) is 11.6. The Hall–Kier alpha value is -1.58. The number of amides is 1. The second kappa shape index (κ2) is 5.59. The Morgan fingerprint density at radius 2 is 1.95 bits per heavy atom. The lowest BCUT2D eigenvalue weighted by atomic mass is 9.94. The van der Waals surface area contributed by atoms with Gasteiger partial charge in [0.05, 0.1) is 5.56 Å². The molecule has 2 rings (SSSR count). The standard InChI is InChI=1S/C15H21FN2O/c1-10-8-11(17)9-13(14(10)16)15(19)18(2)12-6-4-3-5-7-12/h8-9,12H,3-7,17H2,1-2H3. The fraction of sp³-hybridized carbons (Fsp3) is 0.533. The van der Waals surface area contributed by atoms with Crippen molar-refractivity contribution < 1.29 is 9.18 Å². The highest BCUT2D eigenvalue weighted by Gasteiger charge is 2.25. The Labute approximate surface area is 113 Å². The van der Waals surface area contributed by atoms with Crippen LogP contribution in [0.3, 0.4) is 0 Å². The monoisotopic (exact) mass is 264 g/mol. The lowest BCUT2D eigenvalue weighted by Gasteiger charge is -2.31. The number of hydrogen-bond donors (Lipinski definition) is 1. The number of benzene rings is 1. The van der Waals surface area contributed by atoms with E-state index in [9.17, 15) is 9.18 Å². The first-order valence-electron chi connectivity index (χ1n) is 6.83. The van der Waals surface area contributed by atoms with Crippen molar-refractivity contribution in [1.29, 1.82) is 0 Å². The first kappa shape index (κ1) is 13.8. The minimum Gasteiger partial charge on any atom is -0.399 e. The van der Waals surface area contributed by atoms with E-state index in [-0.39, 0.29) is 17.5 Å². The second-order valence-corrected chi connectivity index (χ2v) is 5.41. The maximum Gasteiger partial charge on any atom is 0.256 e. The second-order valence-electron chi connectivity index (χ2n) is 5.41. The molecule has 0 heterocycles. The minimum atomic E-state index is -0.457. The predicted molar refractivity (Wildman–Crippen MR) is 74.5 cm³/mol. The van der Waals surface area contributed by atoms with E-state index < -0.39 is 5.82 Å². The number of anilines is 1. The van der Waals surface area contributed by atoms with Crippen LogP contribution in [0.5, 0.6) is 0 Å². The smallest absolute Gasteiger partial charge is 0.256 e. The molecule has 0 aliphatic heterocycles. The van der Waals surface area contributed by atoms with Crippen LogP contribution in [-0.2, 0) is 0 Å². The molecule has 0 radical (unpaired) electrons. The van der Waals surface area contributed by atoms with Gasteiger partial charge in [0.1, 0.15) is 5.82 Å². The molecule has 1 aromatic carbocycles. The fourth-order valence-corrected chi connectivity index (χ4v) is 2.78. The lowest BCUT2D eigenvalue weighted by molar-refractivity contribution is 0.0691. The van der Waals surface area contributed by atoms with Crippen molar-refractivity contribution in [2.24, 2.45) is 0 Å². The number of nitrogen functional groups attached to an aromatic ring is 1. The molecule has 19 heavy (non-hydrogen) atoms. The summed E-state index contributed by atoms with van der Waals surface area (Å²) < 4.78 is 14.1. The number of nitrogens with two attached hydrogens (primary N) is 1. The molecule has 1 saturated carbocycles. The molecule has 3 nitrogen and oxygen atoms in total. The van der Waals surface area contributed by atoms with Gasteiger partial charge in [0.15, 0.2) is 0 Å². The molecule has 4 heteroatoms. The number of rotatable bonds is 2. The molecular formula is C15H21FN2O. The highest BCUT2D eigenvalue weighted by Crippen LogP contribution is 2.25. The van der Waals surface area contributed by atoms with Crippen LogP contribution in [0.2, 0.25) is 0 Å². The number of carbonyl (C=O) groups excluding carboxylic acids is 1. The number of aryl methyl sites for hydroxylation is 1. The first-order valence-corrected chi connectivity index (χ1v) is 6.83. The van der Waals surface area contributed by atoms with Crippen LogP contribution in [0.25, 0.3) is 0 Å². The zero-order valence-corrected chi connectivity index (χ0v) is 11.6. The maximum absolute atomic E-state index is 14.1. The van der Waals surface area contributed by atoms with Gasteiger partial charge in [-0.15, -0.1) is 0 Å². The average molecular weight is 264 g/mol. The van der Waals surface area contributed by atoms with Gasteiger partial charge in [0.25, 0.3) is 5.91 Å². The van der Waals surface area contributed by atoms with E-state index in [2.05, 4.69) is 0 Å². The summed E-state index contributed by atoms with van der Waals surface area (Å²) in [4.78, 5) is 14.1. The lowest BCUT2D eigenvalue weighted by Crippen LogP contribution is -2.38. The molecule has 1 amide bonds. The third-order valence-corrected chi connectivity index (χ3v) is 3.95. The highest BCUT2D eigenvalue weighted by molar-refractivity contribution is 5.95. The predicted octanol–water partition coefficient (Wildman–Crippen LogP) is 3.12.